The van der Waals surface area contributed by atoms with E-state index in [1.807, 2.05) is 6.07 Å². The molecule has 1 saturated heterocycles. The molecular formula is C21H25ClN4O3S. The molecule has 2 aromatic carbocycles. The first kappa shape index (κ1) is 21.1. The number of para-hydroxylation sites is 1. The maximum absolute atomic E-state index is 12.7. The number of hydrogen-bond donors (Lipinski definition) is 1. The zero-order chi connectivity index (χ0) is 21.3. The van der Waals surface area contributed by atoms with Gasteiger partial charge in [-0.15, -0.1) is 0 Å². The number of carbonyl (C=O) groups is 1. The van der Waals surface area contributed by atoms with Crippen LogP contribution in [0.15, 0.2) is 47.4 Å². The number of halogens is 1. The van der Waals surface area contributed by atoms with Gasteiger partial charge in [0.1, 0.15) is 4.90 Å². The van der Waals surface area contributed by atoms with Crippen molar-refractivity contribution < 1.29 is 13.2 Å². The Labute approximate surface area is 182 Å². The Kier molecular flexibility index (Phi) is 6.02. The normalized spacial score (nSPS) is 17.5. The van der Waals surface area contributed by atoms with Crippen LogP contribution in [0, 0.1) is 0 Å². The van der Waals surface area contributed by atoms with Crippen molar-refractivity contribution in [3.8, 4) is 0 Å². The van der Waals surface area contributed by atoms with Crippen LogP contribution in [0.3, 0.4) is 0 Å². The van der Waals surface area contributed by atoms with Crippen LogP contribution in [0.4, 0.5) is 5.69 Å². The van der Waals surface area contributed by atoms with Crippen LogP contribution < -0.4 is 10.0 Å². The highest BCUT2D eigenvalue weighted by Gasteiger charge is 2.30. The number of amides is 1. The van der Waals surface area contributed by atoms with E-state index < -0.39 is 10.0 Å². The first-order valence-electron chi connectivity index (χ1n) is 10.00. The summed E-state index contributed by atoms with van der Waals surface area (Å²) in [7, 11) is -3.97. The van der Waals surface area contributed by atoms with Crippen molar-refractivity contribution >= 4 is 33.2 Å². The summed E-state index contributed by atoms with van der Waals surface area (Å²) < 4.78 is 23.3. The van der Waals surface area contributed by atoms with Crippen LogP contribution in [-0.4, -0.2) is 63.4 Å². The lowest BCUT2D eigenvalue weighted by Crippen LogP contribution is -2.47. The Morgan fingerprint density at radius 2 is 1.70 bits per heavy atom. The van der Waals surface area contributed by atoms with E-state index in [2.05, 4.69) is 34.1 Å². The first-order valence-corrected chi connectivity index (χ1v) is 11.9. The Hall–Kier alpha value is -2.13. The lowest BCUT2D eigenvalue weighted by Gasteiger charge is -2.36. The van der Waals surface area contributed by atoms with Crippen LogP contribution in [-0.2, 0) is 16.6 Å². The van der Waals surface area contributed by atoms with Crippen LogP contribution in [0.2, 0.25) is 5.02 Å². The Morgan fingerprint density at radius 1 is 1.00 bits per heavy atom. The lowest BCUT2D eigenvalue weighted by molar-refractivity contribution is 0.0770. The first-order chi connectivity index (χ1) is 14.3. The minimum absolute atomic E-state index is 0.0576. The molecule has 0 saturated carbocycles. The number of primary sulfonamides is 1. The van der Waals surface area contributed by atoms with Crippen LogP contribution in [0.25, 0.3) is 0 Å². The van der Waals surface area contributed by atoms with Gasteiger partial charge in [0, 0.05) is 50.5 Å². The molecule has 2 aromatic rings. The number of sulfonamides is 1. The summed E-state index contributed by atoms with van der Waals surface area (Å²) in [5.74, 6) is -0.166. The number of nitrogens with zero attached hydrogens (tertiary/aromatic N) is 3. The summed E-state index contributed by atoms with van der Waals surface area (Å²) in [5.41, 5.74) is 2.38. The number of piperazine rings is 1. The third-order valence-corrected chi connectivity index (χ3v) is 7.11. The molecule has 7 nitrogen and oxygen atoms in total. The van der Waals surface area contributed by atoms with Gasteiger partial charge in [-0.1, -0.05) is 29.8 Å². The molecule has 30 heavy (non-hydrogen) atoms. The van der Waals surface area contributed by atoms with Crippen molar-refractivity contribution in [2.45, 2.75) is 17.9 Å². The van der Waals surface area contributed by atoms with E-state index in [1.54, 1.807) is 4.90 Å². The molecule has 2 N–H and O–H groups in total. The quantitative estimate of drug-likeness (QED) is 0.731. The highest BCUT2D eigenvalue weighted by Crippen LogP contribution is 2.30. The third-order valence-electron chi connectivity index (χ3n) is 5.74. The number of fused-ring (bicyclic) bond motifs is 1. The van der Waals surface area contributed by atoms with Gasteiger partial charge in [-0.2, -0.15) is 0 Å². The summed E-state index contributed by atoms with van der Waals surface area (Å²) in [6.07, 6.45) is 0.862. The van der Waals surface area contributed by atoms with E-state index in [9.17, 15) is 13.2 Å². The maximum Gasteiger partial charge on any atom is 0.254 e. The molecule has 0 radical (unpaired) electrons. The summed E-state index contributed by atoms with van der Waals surface area (Å²) >= 11 is 6.05. The van der Waals surface area contributed by atoms with Gasteiger partial charge in [0.05, 0.1) is 5.02 Å². The monoisotopic (exact) mass is 448 g/mol. The molecule has 1 fully saturated rings. The third kappa shape index (κ3) is 4.46. The van der Waals surface area contributed by atoms with Gasteiger partial charge in [0.25, 0.3) is 5.91 Å². The second-order valence-corrected chi connectivity index (χ2v) is 9.67. The smallest absolute Gasteiger partial charge is 0.254 e. The number of hydrogen-bond acceptors (Lipinski definition) is 5. The lowest BCUT2D eigenvalue weighted by atomic mass is 10.1. The van der Waals surface area contributed by atoms with E-state index in [0.29, 0.717) is 18.7 Å². The van der Waals surface area contributed by atoms with Gasteiger partial charge in [-0.25, -0.2) is 13.6 Å². The van der Waals surface area contributed by atoms with E-state index in [1.165, 1.54) is 17.8 Å². The fourth-order valence-electron chi connectivity index (χ4n) is 4.12. The molecule has 2 aliphatic heterocycles. The molecule has 9 heteroatoms. The molecule has 0 bridgehead atoms. The molecule has 2 aliphatic rings. The van der Waals surface area contributed by atoms with Gasteiger partial charge in [-0.3, -0.25) is 9.69 Å². The van der Waals surface area contributed by atoms with Gasteiger partial charge >= 0.3 is 0 Å². The molecule has 2 heterocycles. The summed E-state index contributed by atoms with van der Waals surface area (Å²) in [4.78, 5) is 19.1. The van der Waals surface area contributed by atoms with Crippen molar-refractivity contribution in [3.05, 3.63) is 58.6 Å². The fourth-order valence-corrected chi connectivity index (χ4v) is 5.25. The second-order valence-electron chi connectivity index (χ2n) is 7.73. The fraction of sp³-hybridized carbons (Fsp3) is 0.381. The molecule has 0 atom stereocenters. The molecular weight excluding hydrogens is 424 g/mol. The average Bonchev–Trinajstić information content (AvgIpc) is 3.02. The Morgan fingerprint density at radius 3 is 2.37 bits per heavy atom. The summed E-state index contributed by atoms with van der Waals surface area (Å²) in [5, 5.41) is 5.25. The van der Waals surface area contributed by atoms with E-state index >= 15 is 0 Å². The molecule has 160 valence electrons. The number of carbonyl (C=O) groups excluding carboxylic acids is 1. The van der Waals surface area contributed by atoms with E-state index in [4.69, 9.17) is 16.7 Å². The predicted molar refractivity (Wildman–Crippen MR) is 117 cm³/mol. The van der Waals surface area contributed by atoms with Crippen molar-refractivity contribution in [1.29, 1.82) is 0 Å². The van der Waals surface area contributed by atoms with E-state index in [0.717, 1.165) is 44.7 Å². The molecule has 0 aromatic heterocycles. The number of anilines is 1. The maximum atomic E-state index is 12.7. The van der Waals surface area contributed by atoms with Gasteiger partial charge in [0.2, 0.25) is 10.0 Å². The molecule has 0 unspecified atom stereocenters. The topological polar surface area (TPSA) is 86.9 Å². The minimum atomic E-state index is -3.97. The van der Waals surface area contributed by atoms with Gasteiger partial charge in [-0.05, 0) is 42.8 Å². The highest BCUT2D eigenvalue weighted by atomic mass is 35.5. The zero-order valence-electron chi connectivity index (χ0n) is 16.6. The van der Waals surface area contributed by atoms with Crippen molar-refractivity contribution in [1.82, 2.24) is 9.80 Å². The summed E-state index contributed by atoms with van der Waals surface area (Å²) in [6.45, 7) is 5.97. The molecule has 4 rings (SSSR count). The minimum Gasteiger partial charge on any atom is -0.369 e. The predicted octanol–water partition coefficient (Wildman–Crippen LogP) is 2.16. The van der Waals surface area contributed by atoms with Crippen LogP contribution in [0.5, 0.6) is 0 Å². The Bertz CT molecular complexity index is 1040. The van der Waals surface area contributed by atoms with Gasteiger partial charge < -0.3 is 9.80 Å². The average molecular weight is 449 g/mol. The van der Waals surface area contributed by atoms with Crippen LogP contribution >= 0.6 is 11.6 Å². The van der Waals surface area contributed by atoms with Crippen molar-refractivity contribution in [2.75, 3.05) is 44.2 Å². The standard InChI is InChI=1S/C21H25ClN4O3S/c22-19-13-16-15-26(21(27)18(16)14-20(19)30(23,28)29)8-4-7-24-9-11-25(12-10-24)17-5-2-1-3-6-17/h1-3,5-6,13-14H,4,7-12,15H2,(H2,23,28,29). The number of rotatable bonds is 6. The van der Waals surface area contributed by atoms with Crippen molar-refractivity contribution in [3.63, 3.8) is 0 Å². The van der Waals surface area contributed by atoms with Crippen molar-refractivity contribution in [2.24, 2.45) is 5.14 Å². The SMILES string of the molecule is NS(=O)(=O)c1cc2c(cc1Cl)CN(CCCN1CCN(c3ccccc3)CC1)C2=O. The molecule has 1 amide bonds. The largest absolute Gasteiger partial charge is 0.369 e. The zero-order valence-corrected chi connectivity index (χ0v) is 18.2. The van der Waals surface area contributed by atoms with E-state index in [-0.39, 0.29) is 15.8 Å². The number of benzene rings is 2. The highest BCUT2D eigenvalue weighted by molar-refractivity contribution is 7.89. The molecule has 0 spiro atoms. The van der Waals surface area contributed by atoms with Crippen LogP contribution in [0.1, 0.15) is 22.3 Å². The summed E-state index contributed by atoms with van der Waals surface area (Å²) in [6, 6.07) is 13.3. The Balaban J connectivity index is 1.29. The van der Waals surface area contributed by atoms with Gasteiger partial charge in [0.15, 0.2) is 0 Å². The number of nitrogens with two attached hydrogens (primary N) is 1. The molecule has 0 aliphatic carbocycles. The second kappa shape index (κ2) is 8.55.